The first-order chi connectivity index (χ1) is 9.92. The Morgan fingerprint density at radius 3 is 2.62 bits per heavy atom. The van der Waals surface area contributed by atoms with Gasteiger partial charge in [-0.05, 0) is 41.1 Å². The first-order valence-electron chi connectivity index (χ1n) is 6.01. The first kappa shape index (κ1) is 15.9. The molecule has 2 rings (SSSR count). The maximum absolute atomic E-state index is 13.8. The molecule has 0 aliphatic carbocycles. The van der Waals surface area contributed by atoms with Crippen molar-refractivity contribution in [1.29, 1.82) is 0 Å². The molecule has 3 nitrogen and oxygen atoms in total. The molecule has 0 spiro atoms. The van der Waals surface area contributed by atoms with Gasteiger partial charge < -0.3 is 10.1 Å². The molecule has 0 radical (unpaired) electrons. The molecule has 0 bridgehead atoms. The molecule has 0 fully saturated rings. The summed E-state index contributed by atoms with van der Waals surface area (Å²) in [6.45, 7) is 1.85. The number of esters is 1. The van der Waals surface area contributed by atoms with E-state index in [0.717, 1.165) is 21.8 Å². The molecule has 21 heavy (non-hydrogen) atoms. The van der Waals surface area contributed by atoms with Crippen LogP contribution in [0.15, 0.2) is 28.1 Å². The minimum absolute atomic E-state index is 0.0498. The molecule has 7 heteroatoms. The van der Waals surface area contributed by atoms with Crippen molar-refractivity contribution >= 4 is 38.9 Å². The van der Waals surface area contributed by atoms with Crippen molar-refractivity contribution in [2.24, 2.45) is 0 Å². The minimum Gasteiger partial charge on any atom is -0.465 e. The third-order valence-electron chi connectivity index (χ3n) is 2.85. The lowest BCUT2D eigenvalue weighted by Crippen LogP contribution is -2.10. The quantitative estimate of drug-likeness (QED) is 0.783. The summed E-state index contributed by atoms with van der Waals surface area (Å²) in [5, 5.41) is 2.93. The topological polar surface area (TPSA) is 38.3 Å². The number of benzene rings is 1. The van der Waals surface area contributed by atoms with Crippen LogP contribution in [-0.4, -0.2) is 13.1 Å². The molecule has 0 saturated carbocycles. The third-order valence-corrected chi connectivity index (χ3v) is 4.66. The fraction of sp³-hybridized carbons (Fsp3) is 0.214. The number of rotatable bonds is 4. The average molecular weight is 376 g/mol. The third kappa shape index (κ3) is 3.59. The summed E-state index contributed by atoms with van der Waals surface area (Å²) in [5.41, 5.74) is -0.255. The number of anilines is 1. The number of halogens is 3. The van der Waals surface area contributed by atoms with Gasteiger partial charge in [0.15, 0.2) is 0 Å². The maximum Gasteiger partial charge on any atom is 0.340 e. The lowest BCUT2D eigenvalue weighted by Gasteiger charge is -2.15. The predicted octanol–water partition coefficient (Wildman–Crippen LogP) is 4.75. The molecule has 1 heterocycles. The van der Waals surface area contributed by atoms with E-state index in [4.69, 9.17) is 0 Å². The van der Waals surface area contributed by atoms with Gasteiger partial charge in [-0.25, -0.2) is 13.6 Å². The van der Waals surface area contributed by atoms with Gasteiger partial charge in [-0.2, -0.15) is 0 Å². The van der Waals surface area contributed by atoms with E-state index in [1.165, 1.54) is 11.3 Å². The summed E-state index contributed by atoms with van der Waals surface area (Å²) in [7, 11) is 1.14. The van der Waals surface area contributed by atoms with Crippen LogP contribution in [0.1, 0.15) is 28.2 Å². The molecule has 1 unspecified atom stereocenters. The Labute approximate surface area is 133 Å². The largest absolute Gasteiger partial charge is 0.465 e. The number of nitrogens with one attached hydrogen (secondary N) is 1. The molecule has 0 amide bonds. The fourth-order valence-corrected chi connectivity index (χ4v) is 3.22. The highest BCUT2D eigenvalue weighted by atomic mass is 79.9. The van der Waals surface area contributed by atoms with Gasteiger partial charge >= 0.3 is 5.97 Å². The van der Waals surface area contributed by atoms with Crippen molar-refractivity contribution in [2.45, 2.75) is 13.0 Å². The van der Waals surface area contributed by atoms with E-state index in [1.807, 2.05) is 19.1 Å². The maximum atomic E-state index is 13.8. The monoisotopic (exact) mass is 375 g/mol. The Bertz CT molecular complexity index is 675. The predicted molar refractivity (Wildman–Crippen MR) is 81.8 cm³/mol. The van der Waals surface area contributed by atoms with Crippen LogP contribution in [0, 0.1) is 11.6 Å². The second kappa shape index (κ2) is 6.53. The van der Waals surface area contributed by atoms with Gasteiger partial charge in [0.25, 0.3) is 0 Å². The molecule has 0 aliphatic rings. The smallest absolute Gasteiger partial charge is 0.340 e. The zero-order chi connectivity index (χ0) is 15.6. The number of hydrogen-bond acceptors (Lipinski definition) is 4. The van der Waals surface area contributed by atoms with Crippen molar-refractivity contribution in [2.75, 3.05) is 12.4 Å². The molecule has 1 aromatic heterocycles. The highest BCUT2D eigenvalue weighted by Crippen LogP contribution is 2.30. The standard InChI is InChI=1S/C14H12BrF2NO2S/c1-7(12-3-4-13(15)21-12)18-11-5-8(14(19)20-2)9(16)6-10(11)17/h3-7,18H,1-2H3. The number of hydrogen-bond donors (Lipinski definition) is 1. The lowest BCUT2D eigenvalue weighted by atomic mass is 10.1. The molecule has 0 saturated heterocycles. The van der Waals surface area contributed by atoms with Crippen LogP contribution in [0.2, 0.25) is 0 Å². The normalized spacial score (nSPS) is 12.0. The SMILES string of the molecule is COC(=O)c1cc(NC(C)c2ccc(Br)s2)c(F)cc1F. The number of carbonyl (C=O) groups excluding carboxylic acids is 1. The summed E-state index contributed by atoms with van der Waals surface area (Å²) >= 11 is 4.86. The van der Waals surface area contributed by atoms with Crippen molar-refractivity contribution in [3.63, 3.8) is 0 Å². The molecule has 112 valence electrons. The van der Waals surface area contributed by atoms with Crippen LogP contribution in [0.25, 0.3) is 0 Å². The summed E-state index contributed by atoms with van der Waals surface area (Å²) < 4.78 is 32.8. The molecule has 0 aliphatic heterocycles. The van der Waals surface area contributed by atoms with Gasteiger partial charge in [-0.3, -0.25) is 0 Å². The van der Waals surface area contributed by atoms with E-state index in [0.29, 0.717) is 6.07 Å². The average Bonchev–Trinajstić information content (AvgIpc) is 2.87. The Balaban J connectivity index is 2.29. The van der Waals surface area contributed by atoms with Crippen LogP contribution in [0.4, 0.5) is 14.5 Å². The Morgan fingerprint density at radius 2 is 2.05 bits per heavy atom. The Morgan fingerprint density at radius 1 is 1.33 bits per heavy atom. The number of ether oxygens (including phenoxy) is 1. The van der Waals surface area contributed by atoms with Gasteiger partial charge in [0, 0.05) is 10.9 Å². The van der Waals surface area contributed by atoms with Crippen LogP contribution in [0.3, 0.4) is 0 Å². The van der Waals surface area contributed by atoms with Crippen LogP contribution in [0.5, 0.6) is 0 Å². The molecular formula is C14H12BrF2NO2S. The van der Waals surface area contributed by atoms with Crippen molar-refractivity contribution in [3.05, 3.63) is 50.1 Å². The Hall–Kier alpha value is -1.47. The molecule has 1 atom stereocenters. The minimum atomic E-state index is -0.948. The van der Waals surface area contributed by atoms with E-state index in [2.05, 4.69) is 26.0 Å². The summed E-state index contributed by atoms with van der Waals surface area (Å²) in [4.78, 5) is 12.4. The van der Waals surface area contributed by atoms with Crippen molar-refractivity contribution in [3.8, 4) is 0 Å². The van der Waals surface area contributed by atoms with Crippen molar-refractivity contribution < 1.29 is 18.3 Å². The summed E-state index contributed by atoms with van der Waals surface area (Å²) in [6.07, 6.45) is 0. The van der Waals surface area contributed by atoms with E-state index in [9.17, 15) is 13.6 Å². The summed E-state index contributed by atoms with van der Waals surface area (Å²) in [5.74, 6) is -2.55. The lowest BCUT2D eigenvalue weighted by molar-refractivity contribution is 0.0595. The zero-order valence-corrected chi connectivity index (χ0v) is 13.6. The number of thiophene rings is 1. The molecule has 1 aromatic carbocycles. The number of methoxy groups -OCH3 is 1. The van der Waals surface area contributed by atoms with E-state index in [-0.39, 0.29) is 17.3 Å². The molecule has 1 N–H and O–H groups in total. The highest BCUT2D eigenvalue weighted by Gasteiger charge is 2.18. The van der Waals surface area contributed by atoms with Crippen LogP contribution >= 0.6 is 27.3 Å². The fourth-order valence-electron chi connectivity index (χ4n) is 1.79. The Kier molecular flexibility index (Phi) is 4.95. The second-order valence-corrected chi connectivity index (χ2v) is 6.81. The highest BCUT2D eigenvalue weighted by molar-refractivity contribution is 9.11. The van der Waals surface area contributed by atoms with Crippen LogP contribution in [-0.2, 0) is 4.74 Å². The van der Waals surface area contributed by atoms with Gasteiger partial charge in [-0.15, -0.1) is 11.3 Å². The van der Waals surface area contributed by atoms with Crippen molar-refractivity contribution in [1.82, 2.24) is 0 Å². The van der Waals surface area contributed by atoms with Gasteiger partial charge in [0.05, 0.1) is 28.2 Å². The second-order valence-electron chi connectivity index (χ2n) is 4.31. The van der Waals surface area contributed by atoms with Gasteiger partial charge in [0.2, 0.25) is 0 Å². The summed E-state index contributed by atoms with van der Waals surface area (Å²) in [6, 6.07) is 5.39. The zero-order valence-electron chi connectivity index (χ0n) is 11.2. The number of carbonyl (C=O) groups is 1. The van der Waals surface area contributed by atoms with E-state index >= 15 is 0 Å². The molecular weight excluding hydrogens is 364 g/mol. The van der Waals surface area contributed by atoms with Gasteiger partial charge in [0.1, 0.15) is 11.6 Å². The van der Waals surface area contributed by atoms with E-state index in [1.54, 1.807) is 0 Å². The first-order valence-corrected chi connectivity index (χ1v) is 7.62. The van der Waals surface area contributed by atoms with Gasteiger partial charge in [-0.1, -0.05) is 0 Å². The molecule has 2 aromatic rings. The van der Waals surface area contributed by atoms with Crippen LogP contribution < -0.4 is 5.32 Å². The van der Waals surface area contributed by atoms with E-state index < -0.39 is 17.6 Å².